The molecular formula is C19H21N3O2. The van der Waals surface area contributed by atoms with E-state index in [0.29, 0.717) is 35.5 Å². The Kier molecular flexibility index (Phi) is 3.71. The number of hydrogen-bond acceptors (Lipinski definition) is 3. The lowest BCUT2D eigenvalue weighted by Crippen LogP contribution is -2.36. The van der Waals surface area contributed by atoms with Gasteiger partial charge in [-0.2, -0.15) is 0 Å². The van der Waals surface area contributed by atoms with E-state index in [9.17, 15) is 9.59 Å². The van der Waals surface area contributed by atoms with Crippen LogP contribution < -0.4 is 10.9 Å². The first-order valence-corrected chi connectivity index (χ1v) is 8.53. The van der Waals surface area contributed by atoms with Crippen LogP contribution in [0.5, 0.6) is 0 Å². The highest BCUT2D eigenvalue weighted by Gasteiger charge is 2.35. The molecule has 1 amide bonds. The number of rotatable bonds is 4. The number of nitrogens with zero attached hydrogens (tertiary/aromatic N) is 2. The third-order valence-electron chi connectivity index (χ3n) is 5.29. The van der Waals surface area contributed by atoms with Gasteiger partial charge in [0.1, 0.15) is 12.2 Å². The van der Waals surface area contributed by atoms with Crippen LogP contribution in [0.1, 0.15) is 18.5 Å². The van der Waals surface area contributed by atoms with Crippen molar-refractivity contribution >= 4 is 16.9 Å². The molecule has 0 spiro atoms. The lowest BCUT2D eigenvalue weighted by atomic mass is 9.94. The molecule has 24 heavy (non-hydrogen) atoms. The molecule has 2 bridgehead atoms. The monoisotopic (exact) mass is 323 g/mol. The van der Waals surface area contributed by atoms with Gasteiger partial charge in [0.15, 0.2) is 0 Å². The summed E-state index contributed by atoms with van der Waals surface area (Å²) in [4.78, 5) is 29.1. The number of hydrogen-bond donors (Lipinski definition) is 1. The average molecular weight is 323 g/mol. The molecule has 1 aromatic heterocycles. The minimum atomic E-state index is -0.202. The second kappa shape index (κ2) is 5.89. The lowest BCUT2D eigenvalue weighted by Gasteiger charge is -2.19. The van der Waals surface area contributed by atoms with Gasteiger partial charge in [0, 0.05) is 6.54 Å². The summed E-state index contributed by atoms with van der Waals surface area (Å²) in [5.74, 6) is 1.74. The Labute approximate surface area is 140 Å². The van der Waals surface area contributed by atoms with E-state index in [2.05, 4.69) is 22.5 Å². The van der Waals surface area contributed by atoms with E-state index in [1.165, 1.54) is 17.4 Å². The van der Waals surface area contributed by atoms with Gasteiger partial charge in [-0.3, -0.25) is 14.2 Å². The van der Waals surface area contributed by atoms with E-state index < -0.39 is 0 Å². The molecular weight excluding hydrogens is 302 g/mol. The Balaban J connectivity index is 1.49. The second-order valence-electron chi connectivity index (χ2n) is 6.92. The van der Waals surface area contributed by atoms with Crippen molar-refractivity contribution in [1.82, 2.24) is 14.9 Å². The molecule has 1 saturated carbocycles. The van der Waals surface area contributed by atoms with Crippen molar-refractivity contribution in [3.05, 3.63) is 52.5 Å². The van der Waals surface area contributed by atoms with Gasteiger partial charge < -0.3 is 5.32 Å². The van der Waals surface area contributed by atoms with Crippen molar-refractivity contribution in [2.45, 2.75) is 26.3 Å². The lowest BCUT2D eigenvalue weighted by molar-refractivity contribution is -0.121. The first-order valence-electron chi connectivity index (χ1n) is 8.53. The van der Waals surface area contributed by atoms with Gasteiger partial charge in [0.05, 0.1) is 11.0 Å². The van der Waals surface area contributed by atoms with Gasteiger partial charge in [-0.25, -0.2) is 4.98 Å². The van der Waals surface area contributed by atoms with Crippen molar-refractivity contribution < 1.29 is 4.79 Å². The zero-order valence-electron chi connectivity index (χ0n) is 13.7. The maximum atomic E-state index is 12.4. The van der Waals surface area contributed by atoms with Gasteiger partial charge in [-0.15, -0.1) is 0 Å². The minimum absolute atomic E-state index is 0.0410. The Morgan fingerprint density at radius 2 is 2.12 bits per heavy atom. The summed E-state index contributed by atoms with van der Waals surface area (Å²) < 4.78 is 1.52. The first-order chi connectivity index (χ1) is 11.6. The highest BCUT2D eigenvalue weighted by atomic mass is 16.2. The smallest absolute Gasteiger partial charge is 0.272 e. The summed E-state index contributed by atoms with van der Waals surface area (Å²) in [6.07, 6.45) is 6.98. The molecule has 0 saturated heterocycles. The van der Waals surface area contributed by atoms with E-state index >= 15 is 0 Å². The zero-order chi connectivity index (χ0) is 16.7. The quantitative estimate of drug-likeness (QED) is 0.876. The molecule has 1 heterocycles. The third kappa shape index (κ3) is 2.64. The van der Waals surface area contributed by atoms with Gasteiger partial charge in [-0.05, 0) is 49.7 Å². The zero-order valence-corrected chi connectivity index (χ0v) is 13.7. The number of amides is 1. The van der Waals surface area contributed by atoms with Crippen LogP contribution in [0.3, 0.4) is 0 Å². The molecule has 4 rings (SSSR count). The number of nitrogens with one attached hydrogen (secondary N) is 1. The summed E-state index contributed by atoms with van der Waals surface area (Å²) in [5, 5.41) is 3.02. The fourth-order valence-electron chi connectivity index (χ4n) is 4.05. The Morgan fingerprint density at radius 1 is 1.29 bits per heavy atom. The third-order valence-corrected chi connectivity index (χ3v) is 5.29. The molecule has 0 radical (unpaired) electrons. The number of benzene rings is 1. The number of fused-ring (bicyclic) bond motifs is 3. The summed E-state index contributed by atoms with van der Waals surface area (Å²) in [5.41, 5.74) is 1.65. The van der Waals surface area contributed by atoms with Crippen LogP contribution in [-0.2, 0) is 11.3 Å². The molecule has 1 aromatic carbocycles. The Bertz CT molecular complexity index is 884. The largest absolute Gasteiger partial charge is 0.354 e. The molecule has 0 unspecified atom stereocenters. The number of carbonyl (C=O) groups excluding carboxylic acids is 1. The van der Waals surface area contributed by atoms with Gasteiger partial charge in [0.25, 0.3) is 5.56 Å². The maximum Gasteiger partial charge on any atom is 0.272 e. The molecule has 1 fully saturated rings. The van der Waals surface area contributed by atoms with E-state index in [1.54, 1.807) is 6.92 Å². The fourth-order valence-corrected chi connectivity index (χ4v) is 4.05. The van der Waals surface area contributed by atoms with Crippen LogP contribution in [0.25, 0.3) is 11.0 Å². The van der Waals surface area contributed by atoms with Crippen LogP contribution in [0.4, 0.5) is 0 Å². The highest BCUT2D eigenvalue weighted by molar-refractivity contribution is 5.80. The van der Waals surface area contributed by atoms with Crippen molar-refractivity contribution in [2.24, 2.45) is 17.8 Å². The molecule has 1 N–H and O–H groups in total. The van der Waals surface area contributed by atoms with Gasteiger partial charge in [0.2, 0.25) is 5.91 Å². The second-order valence-corrected chi connectivity index (χ2v) is 6.92. The highest BCUT2D eigenvalue weighted by Crippen LogP contribution is 2.42. The molecule has 124 valence electrons. The topological polar surface area (TPSA) is 64.0 Å². The Hall–Kier alpha value is -2.43. The predicted octanol–water partition coefficient (Wildman–Crippen LogP) is 2.03. The molecule has 2 aromatic rings. The molecule has 2 aliphatic carbocycles. The van der Waals surface area contributed by atoms with Crippen molar-refractivity contribution in [1.29, 1.82) is 0 Å². The molecule has 3 atom stereocenters. The van der Waals surface area contributed by atoms with Crippen LogP contribution in [0.2, 0.25) is 0 Å². The van der Waals surface area contributed by atoms with E-state index in [-0.39, 0.29) is 18.0 Å². The summed E-state index contributed by atoms with van der Waals surface area (Å²) in [6.45, 7) is 2.42. The number of aryl methyl sites for hydroxylation is 1. The van der Waals surface area contributed by atoms with Crippen molar-refractivity contribution in [3.8, 4) is 0 Å². The molecule has 5 heteroatoms. The van der Waals surface area contributed by atoms with E-state index in [0.717, 1.165) is 5.52 Å². The number of para-hydroxylation sites is 2. The minimum Gasteiger partial charge on any atom is -0.354 e. The number of allylic oxidation sites excluding steroid dienone is 2. The van der Waals surface area contributed by atoms with Crippen molar-refractivity contribution in [2.75, 3.05) is 6.54 Å². The summed E-state index contributed by atoms with van der Waals surface area (Å²) in [7, 11) is 0. The standard InChI is InChI=1S/C19H21N3O2/c1-12-19(24)22(17-5-3-2-4-16(17)21-12)11-18(23)20-10-15-9-13-6-7-14(15)8-13/h2-7,13-15H,8-11H2,1H3,(H,20,23)/t13-,14-,15+/m0/s1. The molecule has 5 nitrogen and oxygen atoms in total. The van der Waals surface area contributed by atoms with Gasteiger partial charge in [-0.1, -0.05) is 24.3 Å². The van der Waals surface area contributed by atoms with Crippen LogP contribution in [0, 0.1) is 24.7 Å². The molecule has 0 aliphatic heterocycles. The summed E-state index contributed by atoms with van der Waals surface area (Å²) in [6, 6.07) is 7.43. The van der Waals surface area contributed by atoms with Gasteiger partial charge >= 0.3 is 0 Å². The van der Waals surface area contributed by atoms with Crippen LogP contribution in [0.15, 0.2) is 41.2 Å². The van der Waals surface area contributed by atoms with E-state index in [1.807, 2.05) is 24.3 Å². The van der Waals surface area contributed by atoms with Crippen LogP contribution >= 0.6 is 0 Å². The average Bonchev–Trinajstić information content (AvgIpc) is 3.20. The van der Waals surface area contributed by atoms with Crippen molar-refractivity contribution in [3.63, 3.8) is 0 Å². The SMILES string of the molecule is Cc1nc2ccccc2n(CC(=O)NC[C@H]2C[C@H]3C=C[C@H]2C3)c1=O. The maximum absolute atomic E-state index is 12.4. The summed E-state index contributed by atoms with van der Waals surface area (Å²) >= 11 is 0. The first kappa shape index (κ1) is 15.1. The molecule has 2 aliphatic rings. The predicted molar refractivity (Wildman–Crippen MR) is 92.6 cm³/mol. The van der Waals surface area contributed by atoms with E-state index in [4.69, 9.17) is 0 Å². The fraction of sp³-hybridized carbons (Fsp3) is 0.421. The van der Waals surface area contributed by atoms with Crippen LogP contribution in [-0.4, -0.2) is 22.0 Å². The Morgan fingerprint density at radius 3 is 2.88 bits per heavy atom. The normalized spacial score (nSPS) is 24.6. The number of aromatic nitrogens is 2. The number of carbonyl (C=O) groups is 1.